The fourth-order valence-electron chi connectivity index (χ4n) is 2.62. The molecular formula is C17H28N2. The van der Waals surface area contributed by atoms with Crippen molar-refractivity contribution < 1.29 is 0 Å². The number of hydrogen-bond donors (Lipinski definition) is 1. The third-order valence-corrected chi connectivity index (χ3v) is 4.18. The molecular weight excluding hydrogens is 232 g/mol. The Labute approximate surface area is 118 Å². The molecule has 1 atom stereocenters. The zero-order valence-electron chi connectivity index (χ0n) is 12.7. The van der Waals surface area contributed by atoms with Crippen molar-refractivity contribution in [3.8, 4) is 0 Å². The first-order valence-electron chi connectivity index (χ1n) is 7.69. The van der Waals surface area contributed by atoms with Crippen LogP contribution in [0.2, 0.25) is 0 Å². The van der Waals surface area contributed by atoms with E-state index in [1.165, 1.54) is 30.4 Å². The first-order valence-corrected chi connectivity index (χ1v) is 7.69. The summed E-state index contributed by atoms with van der Waals surface area (Å²) in [7, 11) is 2.25. The maximum absolute atomic E-state index is 3.47. The molecule has 0 radical (unpaired) electrons. The summed E-state index contributed by atoms with van der Waals surface area (Å²) in [6, 6.07) is 9.73. The van der Waals surface area contributed by atoms with E-state index in [4.69, 9.17) is 0 Å². The van der Waals surface area contributed by atoms with Gasteiger partial charge in [-0.05, 0) is 56.8 Å². The minimum atomic E-state index is 0.724. The highest BCUT2D eigenvalue weighted by atomic mass is 15.1. The molecule has 106 valence electrons. The summed E-state index contributed by atoms with van der Waals surface area (Å²) in [6.45, 7) is 7.73. The van der Waals surface area contributed by atoms with Gasteiger partial charge in [0.05, 0.1) is 0 Å². The molecule has 0 aromatic heterocycles. The maximum atomic E-state index is 3.47. The number of hydrogen-bond acceptors (Lipinski definition) is 2. The second-order valence-electron chi connectivity index (χ2n) is 5.99. The highest BCUT2D eigenvalue weighted by Crippen LogP contribution is 2.35. The Morgan fingerprint density at radius 1 is 1.32 bits per heavy atom. The van der Waals surface area contributed by atoms with Crippen LogP contribution in [0.5, 0.6) is 0 Å². The Morgan fingerprint density at radius 2 is 2.05 bits per heavy atom. The topological polar surface area (TPSA) is 15.3 Å². The van der Waals surface area contributed by atoms with E-state index < -0.39 is 0 Å². The second kappa shape index (κ2) is 7.06. The number of benzene rings is 1. The van der Waals surface area contributed by atoms with Gasteiger partial charge in [0.15, 0.2) is 0 Å². The van der Waals surface area contributed by atoms with E-state index >= 15 is 0 Å². The molecule has 0 saturated heterocycles. The van der Waals surface area contributed by atoms with Crippen molar-refractivity contribution in [1.29, 1.82) is 0 Å². The van der Waals surface area contributed by atoms with Crippen LogP contribution >= 0.6 is 0 Å². The normalized spacial score (nSPS) is 16.8. The average Bonchev–Trinajstić information content (AvgIpc) is 3.23. The molecule has 0 aliphatic heterocycles. The molecule has 1 fully saturated rings. The van der Waals surface area contributed by atoms with Gasteiger partial charge in [-0.15, -0.1) is 0 Å². The minimum Gasteiger partial charge on any atom is -0.313 e. The van der Waals surface area contributed by atoms with E-state index in [0.29, 0.717) is 0 Å². The summed E-state index contributed by atoms with van der Waals surface area (Å²) in [6.07, 6.45) is 4.04. The van der Waals surface area contributed by atoms with Crippen LogP contribution in [0, 0.1) is 5.92 Å². The summed E-state index contributed by atoms with van der Waals surface area (Å²) in [5.41, 5.74) is 2.84. The van der Waals surface area contributed by atoms with Crippen molar-refractivity contribution in [2.24, 2.45) is 5.92 Å². The molecule has 2 heteroatoms. The third-order valence-electron chi connectivity index (χ3n) is 4.18. The van der Waals surface area contributed by atoms with Crippen molar-refractivity contribution in [3.63, 3.8) is 0 Å². The highest BCUT2D eigenvalue weighted by Gasteiger charge is 2.30. The van der Waals surface area contributed by atoms with E-state index in [1.54, 1.807) is 0 Å². The number of nitrogens with one attached hydrogen (secondary N) is 1. The molecule has 1 aliphatic carbocycles. The van der Waals surface area contributed by atoms with Gasteiger partial charge >= 0.3 is 0 Å². The van der Waals surface area contributed by atoms with E-state index in [-0.39, 0.29) is 0 Å². The molecule has 0 amide bonds. The Kier molecular flexibility index (Phi) is 5.41. The van der Waals surface area contributed by atoms with Crippen molar-refractivity contribution >= 4 is 0 Å². The van der Waals surface area contributed by atoms with Crippen LogP contribution in [0.15, 0.2) is 24.3 Å². The largest absolute Gasteiger partial charge is 0.313 e. The molecule has 1 unspecified atom stereocenters. The van der Waals surface area contributed by atoms with Gasteiger partial charge in [-0.2, -0.15) is 0 Å². The summed E-state index contributed by atoms with van der Waals surface area (Å²) < 4.78 is 0. The van der Waals surface area contributed by atoms with Crippen LogP contribution < -0.4 is 5.32 Å². The van der Waals surface area contributed by atoms with Crippen LogP contribution in [0.3, 0.4) is 0 Å². The molecule has 2 rings (SSSR count). The van der Waals surface area contributed by atoms with Gasteiger partial charge in [0, 0.05) is 19.1 Å². The van der Waals surface area contributed by atoms with Crippen LogP contribution in [-0.2, 0) is 13.1 Å². The van der Waals surface area contributed by atoms with E-state index in [1.807, 2.05) is 0 Å². The lowest BCUT2D eigenvalue weighted by atomic mass is 10.1. The van der Waals surface area contributed by atoms with Crippen LogP contribution in [0.4, 0.5) is 0 Å². The zero-order chi connectivity index (χ0) is 13.7. The van der Waals surface area contributed by atoms with Crippen LogP contribution in [-0.4, -0.2) is 24.5 Å². The predicted molar refractivity (Wildman–Crippen MR) is 82.1 cm³/mol. The third kappa shape index (κ3) is 4.63. The first-order chi connectivity index (χ1) is 9.20. The van der Waals surface area contributed by atoms with E-state index in [0.717, 1.165) is 31.6 Å². The smallest absolute Gasteiger partial charge is 0.0233 e. The summed E-state index contributed by atoms with van der Waals surface area (Å²) in [5.74, 6) is 0.944. The van der Waals surface area contributed by atoms with Gasteiger partial charge in [-0.25, -0.2) is 0 Å². The van der Waals surface area contributed by atoms with E-state index in [9.17, 15) is 0 Å². The predicted octanol–water partition coefficient (Wildman–Crippen LogP) is 3.42. The Balaban J connectivity index is 1.86. The lowest BCUT2D eigenvalue weighted by molar-refractivity contribution is 0.226. The standard InChI is InChI=1S/C17H28N2/c1-4-10-18-12-15-6-5-7-16(11-15)13-19(3)14(2)17-8-9-17/h5-7,11,14,17-18H,4,8-10,12-13H2,1-3H3. The molecule has 1 N–H and O–H groups in total. The van der Waals surface area contributed by atoms with Crippen molar-refractivity contribution in [3.05, 3.63) is 35.4 Å². The van der Waals surface area contributed by atoms with Gasteiger partial charge < -0.3 is 5.32 Å². The molecule has 0 bridgehead atoms. The molecule has 1 aliphatic rings. The quantitative estimate of drug-likeness (QED) is 0.721. The lowest BCUT2D eigenvalue weighted by Crippen LogP contribution is -2.30. The van der Waals surface area contributed by atoms with Crippen LogP contribution in [0.25, 0.3) is 0 Å². The van der Waals surface area contributed by atoms with Gasteiger partial charge in [0.25, 0.3) is 0 Å². The number of nitrogens with zero attached hydrogens (tertiary/aromatic N) is 1. The molecule has 0 heterocycles. The number of rotatable bonds is 8. The van der Waals surface area contributed by atoms with E-state index in [2.05, 4.69) is 55.4 Å². The fourth-order valence-corrected chi connectivity index (χ4v) is 2.62. The molecule has 2 nitrogen and oxygen atoms in total. The van der Waals surface area contributed by atoms with Crippen molar-refractivity contribution in [2.45, 2.75) is 52.2 Å². The van der Waals surface area contributed by atoms with Gasteiger partial charge in [0.1, 0.15) is 0 Å². The molecule has 1 saturated carbocycles. The van der Waals surface area contributed by atoms with Crippen molar-refractivity contribution in [1.82, 2.24) is 10.2 Å². The molecule has 1 aromatic carbocycles. The summed E-state index contributed by atoms with van der Waals surface area (Å²) in [5, 5.41) is 3.47. The Hall–Kier alpha value is -0.860. The Bertz CT molecular complexity index is 385. The summed E-state index contributed by atoms with van der Waals surface area (Å²) >= 11 is 0. The van der Waals surface area contributed by atoms with Gasteiger partial charge in [-0.1, -0.05) is 31.2 Å². The van der Waals surface area contributed by atoms with Crippen molar-refractivity contribution in [2.75, 3.05) is 13.6 Å². The second-order valence-corrected chi connectivity index (χ2v) is 5.99. The maximum Gasteiger partial charge on any atom is 0.0233 e. The SMILES string of the molecule is CCCNCc1cccc(CN(C)C(C)C2CC2)c1. The zero-order valence-corrected chi connectivity index (χ0v) is 12.7. The summed E-state index contributed by atoms with van der Waals surface area (Å²) in [4.78, 5) is 2.50. The van der Waals surface area contributed by atoms with Gasteiger partial charge in [-0.3, -0.25) is 4.90 Å². The molecule has 19 heavy (non-hydrogen) atoms. The first kappa shape index (κ1) is 14.5. The lowest BCUT2D eigenvalue weighted by Gasteiger charge is -2.24. The molecule has 1 aromatic rings. The van der Waals surface area contributed by atoms with Gasteiger partial charge in [0.2, 0.25) is 0 Å². The Morgan fingerprint density at radius 3 is 2.74 bits per heavy atom. The molecule has 0 spiro atoms. The highest BCUT2D eigenvalue weighted by molar-refractivity contribution is 5.23. The monoisotopic (exact) mass is 260 g/mol. The average molecular weight is 260 g/mol. The van der Waals surface area contributed by atoms with Crippen LogP contribution in [0.1, 0.15) is 44.2 Å². The minimum absolute atomic E-state index is 0.724. The fraction of sp³-hybridized carbons (Fsp3) is 0.647.